The second-order valence-electron chi connectivity index (χ2n) is 2.82. The van der Waals surface area contributed by atoms with E-state index >= 15 is 0 Å². The van der Waals surface area contributed by atoms with Gasteiger partial charge in [0.05, 0.1) is 6.04 Å². The monoisotopic (exact) mass is 171 g/mol. The standard InChI is InChI=1S/C7H13N3O2/c8-7(9)10-5-2-1-3-6(5)12-4-11/h4-6H,1-3H2,(H4,8,9,10). The Hall–Kier alpha value is -1.26. The first kappa shape index (κ1) is 8.83. The van der Waals surface area contributed by atoms with Crippen molar-refractivity contribution in [3.63, 3.8) is 0 Å². The number of aliphatic imine (C=N–C) groups is 1. The van der Waals surface area contributed by atoms with Crippen molar-refractivity contribution >= 4 is 12.4 Å². The van der Waals surface area contributed by atoms with Gasteiger partial charge in [-0.2, -0.15) is 0 Å². The molecule has 1 saturated carbocycles. The summed E-state index contributed by atoms with van der Waals surface area (Å²) in [4.78, 5) is 14.0. The van der Waals surface area contributed by atoms with Crippen LogP contribution in [0.1, 0.15) is 19.3 Å². The Morgan fingerprint density at radius 2 is 2.25 bits per heavy atom. The number of hydrogen-bond acceptors (Lipinski definition) is 3. The SMILES string of the molecule is NC(N)=NC1CCCC1OC=O. The van der Waals surface area contributed by atoms with Crippen molar-refractivity contribution in [2.45, 2.75) is 31.4 Å². The first-order valence-corrected chi connectivity index (χ1v) is 3.92. The number of carbonyl (C=O) groups excluding carboxylic acids is 1. The molecule has 0 amide bonds. The van der Waals surface area contributed by atoms with Gasteiger partial charge in [-0.05, 0) is 19.3 Å². The number of nitrogens with zero attached hydrogens (tertiary/aromatic N) is 1. The van der Waals surface area contributed by atoms with Crippen LogP contribution in [0.15, 0.2) is 4.99 Å². The Labute approximate surface area is 70.8 Å². The van der Waals surface area contributed by atoms with Crippen LogP contribution in [-0.2, 0) is 9.53 Å². The van der Waals surface area contributed by atoms with Crippen LogP contribution in [0.5, 0.6) is 0 Å². The molecule has 0 radical (unpaired) electrons. The van der Waals surface area contributed by atoms with E-state index < -0.39 is 0 Å². The highest BCUT2D eigenvalue weighted by Crippen LogP contribution is 2.24. The number of ether oxygens (including phenoxy) is 1. The summed E-state index contributed by atoms with van der Waals surface area (Å²) in [7, 11) is 0. The first-order valence-electron chi connectivity index (χ1n) is 3.92. The Morgan fingerprint density at radius 3 is 2.83 bits per heavy atom. The zero-order valence-corrected chi connectivity index (χ0v) is 6.77. The average molecular weight is 171 g/mol. The molecule has 0 heterocycles. The number of nitrogens with two attached hydrogens (primary N) is 2. The van der Waals surface area contributed by atoms with Gasteiger partial charge in [0.1, 0.15) is 6.10 Å². The topological polar surface area (TPSA) is 90.7 Å². The molecule has 2 atom stereocenters. The zero-order chi connectivity index (χ0) is 8.97. The molecular formula is C7H13N3O2. The van der Waals surface area contributed by atoms with E-state index in [-0.39, 0.29) is 18.1 Å². The molecule has 4 N–H and O–H groups in total. The van der Waals surface area contributed by atoms with E-state index in [2.05, 4.69) is 4.99 Å². The van der Waals surface area contributed by atoms with Crippen LogP contribution in [-0.4, -0.2) is 24.6 Å². The van der Waals surface area contributed by atoms with Gasteiger partial charge < -0.3 is 16.2 Å². The first-order chi connectivity index (χ1) is 5.74. The van der Waals surface area contributed by atoms with Crippen LogP contribution in [0.3, 0.4) is 0 Å². The van der Waals surface area contributed by atoms with Crippen LogP contribution < -0.4 is 11.5 Å². The quantitative estimate of drug-likeness (QED) is 0.335. The third-order valence-corrected chi connectivity index (χ3v) is 1.96. The highest BCUT2D eigenvalue weighted by atomic mass is 16.5. The highest BCUT2D eigenvalue weighted by Gasteiger charge is 2.28. The predicted molar refractivity (Wildman–Crippen MR) is 44.4 cm³/mol. The van der Waals surface area contributed by atoms with E-state index in [9.17, 15) is 4.79 Å². The van der Waals surface area contributed by atoms with Crippen LogP contribution in [0.25, 0.3) is 0 Å². The molecule has 5 heteroatoms. The lowest BCUT2D eigenvalue weighted by atomic mass is 10.2. The molecule has 1 aliphatic carbocycles. The predicted octanol–water partition coefficient (Wildman–Crippen LogP) is -0.646. The Morgan fingerprint density at radius 1 is 1.50 bits per heavy atom. The molecule has 5 nitrogen and oxygen atoms in total. The van der Waals surface area contributed by atoms with Crippen molar-refractivity contribution < 1.29 is 9.53 Å². The van der Waals surface area contributed by atoms with Crippen molar-refractivity contribution in [1.29, 1.82) is 0 Å². The van der Waals surface area contributed by atoms with Gasteiger partial charge in [0.2, 0.25) is 0 Å². The molecule has 0 aliphatic heterocycles. The summed E-state index contributed by atoms with van der Waals surface area (Å²) < 4.78 is 4.82. The molecule has 0 bridgehead atoms. The molecular weight excluding hydrogens is 158 g/mol. The van der Waals surface area contributed by atoms with Gasteiger partial charge in [0, 0.05) is 0 Å². The van der Waals surface area contributed by atoms with Crippen LogP contribution in [0, 0.1) is 0 Å². The van der Waals surface area contributed by atoms with Gasteiger partial charge in [-0.15, -0.1) is 0 Å². The molecule has 1 fully saturated rings. The van der Waals surface area contributed by atoms with Gasteiger partial charge in [-0.25, -0.2) is 4.99 Å². The van der Waals surface area contributed by atoms with Crippen molar-refractivity contribution in [2.75, 3.05) is 0 Å². The summed E-state index contributed by atoms with van der Waals surface area (Å²) in [5.74, 6) is 0.0569. The lowest BCUT2D eigenvalue weighted by Gasteiger charge is -2.13. The maximum atomic E-state index is 10.1. The molecule has 12 heavy (non-hydrogen) atoms. The fourth-order valence-corrected chi connectivity index (χ4v) is 1.48. The van der Waals surface area contributed by atoms with E-state index in [1.54, 1.807) is 0 Å². The summed E-state index contributed by atoms with van der Waals surface area (Å²) in [5, 5.41) is 0. The van der Waals surface area contributed by atoms with E-state index in [1.165, 1.54) is 0 Å². The van der Waals surface area contributed by atoms with Gasteiger partial charge >= 0.3 is 0 Å². The molecule has 0 aromatic heterocycles. The van der Waals surface area contributed by atoms with E-state index in [4.69, 9.17) is 16.2 Å². The fraction of sp³-hybridized carbons (Fsp3) is 0.714. The zero-order valence-electron chi connectivity index (χ0n) is 6.77. The third kappa shape index (κ3) is 2.11. The van der Waals surface area contributed by atoms with E-state index in [0.29, 0.717) is 6.47 Å². The molecule has 0 aromatic rings. The van der Waals surface area contributed by atoms with Gasteiger partial charge in [0.15, 0.2) is 5.96 Å². The lowest BCUT2D eigenvalue weighted by molar-refractivity contribution is -0.133. The van der Waals surface area contributed by atoms with Gasteiger partial charge in [-0.3, -0.25) is 4.79 Å². The number of carbonyl (C=O) groups is 1. The van der Waals surface area contributed by atoms with Crippen LogP contribution in [0.4, 0.5) is 0 Å². The minimum Gasteiger partial charge on any atom is -0.462 e. The maximum Gasteiger partial charge on any atom is 0.293 e. The minimum atomic E-state index is -0.135. The van der Waals surface area contributed by atoms with Crippen molar-refractivity contribution in [3.8, 4) is 0 Å². The van der Waals surface area contributed by atoms with Crippen LogP contribution >= 0.6 is 0 Å². The second kappa shape index (κ2) is 3.94. The summed E-state index contributed by atoms with van der Waals surface area (Å²) in [6.45, 7) is 0.450. The Kier molecular flexibility index (Phi) is 2.90. The second-order valence-corrected chi connectivity index (χ2v) is 2.82. The summed E-state index contributed by atoms with van der Waals surface area (Å²) >= 11 is 0. The molecule has 0 aromatic carbocycles. The summed E-state index contributed by atoms with van der Waals surface area (Å²) in [6, 6.07) is -0.0415. The average Bonchev–Trinajstić information content (AvgIpc) is 2.37. The summed E-state index contributed by atoms with van der Waals surface area (Å²) in [6.07, 6.45) is 2.60. The third-order valence-electron chi connectivity index (χ3n) is 1.96. The van der Waals surface area contributed by atoms with Crippen molar-refractivity contribution in [3.05, 3.63) is 0 Å². The number of guanidine groups is 1. The van der Waals surface area contributed by atoms with E-state index in [1.807, 2.05) is 0 Å². The molecule has 1 rings (SSSR count). The van der Waals surface area contributed by atoms with Crippen molar-refractivity contribution in [2.24, 2.45) is 16.5 Å². The molecule has 0 spiro atoms. The van der Waals surface area contributed by atoms with Crippen molar-refractivity contribution in [1.82, 2.24) is 0 Å². The Balaban J connectivity index is 2.51. The Bertz CT molecular complexity index is 189. The largest absolute Gasteiger partial charge is 0.462 e. The summed E-state index contributed by atoms with van der Waals surface area (Å²) in [5.41, 5.74) is 10.4. The maximum absolute atomic E-state index is 10.1. The molecule has 1 aliphatic rings. The smallest absolute Gasteiger partial charge is 0.293 e. The minimum absolute atomic E-state index is 0.0415. The molecule has 0 saturated heterocycles. The molecule has 2 unspecified atom stereocenters. The number of hydrogen-bond donors (Lipinski definition) is 2. The van der Waals surface area contributed by atoms with E-state index in [0.717, 1.165) is 19.3 Å². The number of rotatable bonds is 3. The molecule has 68 valence electrons. The van der Waals surface area contributed by atoms with Gasteiger partial charge in [-0.1, -0.05) is 0 Å². The highest BCUT2D eigenvalue weighted by molar-refractivity contribution is 5.75. The van der Waals surface area contributed by atoms with Gasteiger partial charge in [0.25, 0.3) is 6.47 Å². The fourth-order valence-electron chi connectivity index (χ4n) is 1.48. The lowest BCUT2D eigenvalue weighted by Crippen LogP contribution is -2.29. The normalized spacial score (nSPS) is 28.0. The van der Waals surface area contributed by atoms with Crippen LogP contribution in [0.2, 0.25) is 0 Å².